The maximum Gasteiger partial charge on any atom is 0.417 e. The number of carbonyl (C=O) groups is 2. The molecule has 4 heteroatoms. The summed E-state index contributed by atoms with van der Waals surface area (Å²) in [7, 11) is 0. The van der Waals surface area contributed by atoms with Gasteiger partial charge in [-0.3, -0.25) is 4.79 Å². The Hall–Kier alpha value is -1.06. The monoisotopic (exact) mass is 227 g/mol. The first-order chi connectivity index (χ1) is 7.35. The lowest BCUT2D eigenvalue weighted by Gasteiger charge is -2.27. The van der Waals surface area contributed by atoms with E-state index in [0.29, 0.717) is 6.42 Å². The molecule has 1 aliphatic rings. The van der Waals surface area contributed by atoms with Crippen molar-refractivity contribution in [3.63, 3.8) is 0 Å². The molecule has 1 atom stereocenters. The first-order valence-corrected chi connectivity index (χ1v) is 5.90. The highest BCUT2D eigenvalue weighted by atomic mass is 16.6. The zero-order chi connectivity index (χ0) is 12.3. The Labute approximate surface area is 96.9 Å². The number of nitrogens with zero attached hydrogens (tertiary/aromatic N) is 1. The van der Waals surface area contributed by atoms with E-state index in [0.717, 1.165) is 19.3 Å². The molecule has 0 bridgehead atoms. The van der Waals surface area contributed by atoms with Crippen LogP contribution in [0.25, 0.3) is 0 Å². The lowest BCUT2D eigenvalue weighted by molar-refractivity contribution is -0.128. The van der Waals surface area contributed by atoms with Crippen LogP contribution in [0.15, 0.2) is 0 Å². The van der Waals surface area contributed by atoms with Gasteiger partial charge in [-0.1, -0.05) is 13.3 Å². The Kier molecular flexibility index (Phi) is 3.94. The third kappa shape index (κ3) is 3.22. The molecule has 16 heavy (non-hydrogen) atoms. The van der Waals surface area contributed by atoms with Crippen LogP contribution in [0.1, 0.15) is 53.4 Å². The van der Waals surface area contributed by atoms with Crippen molar-refractivity contribution < 1.29 is 14.3 Å². The van der Waals surface area contributed by atoms with E-state index in [1.807, 2.05) is 0 Å². The molecule has 0 aromatic heterocycles. The molecule has 0 aromatic rings. The predicted molar refractivity (Wildman–Crippen MR) is 61.0 cm³/mol. The average molecular weight is 227 g/mol. The summed E-state index contributed by atoms with van der Waals surface area (Å²) in [6.07, 6.45) is 2.58. The van der Waals surface area contributed by atoms with Crippen molar-refractivity contribution in [2.45, 2.75) is 65.0 Å². The lowest BCUT2D eigenvalue weighted by atomic mass is 10.1. The van der Waals surface area contributed by atoms with E-state index < -0.39 is 11.7 Å². The minimum absolute atomic E-state index is 0.0346. The van der Waals surface area contributed by atoms with E-state index in [4.69, 9.17) is 4.74 Å². The molecule has 4 nitrogen and oxygen atoms in total. The van der Waals surface area contributed by atoms with Gasteiger partial charge in [-0.2, -0.15) is 0 Å². The summed E-state index contributed by atoms with van der Waals surface area (Å²) >= 11 is 0. The molecule has 1 fully saturated rings. The summed E-state index contributed by atoms with van der Waals surface area (Å²) in [4.78, 5) is 24.8. The van der Waals surface area contributed by atoms with Gasteiger partial charge in [0.1, 0.15) is 5.60 Å². The highest BCUT2D eigenvalue weighted by Gasteiger charge is 2.37. The van der Waals surface area contributed by atoms with Crippen LogP contribution in [-0.2, 0) is 9.53 Å². The van der Waals surface area contributed by atoms with Gasteiger partial charge in [0.15, 0.2) is 0 Å². The summed E-state index contributed by atoms with van der Waals surface area (Å²) in [6, 6.07) is 0.0346. The number of imide groups is 1. The Bertz CT molecular complexity index is 280. The number of hydrogen-bond acceptors (Lipinski definition) is 3. The second kappa shape index (κ2) is 4.85. The number of ether oxygens (including phenoxy) is 1. The predicted octanol–water partition coefficient (Wildman–Crippen LogP) is 2.71. The highest BCUT2D eigenvalue weighted by molar-refractivity contribution is 5.94. The molecule has 92 valence electrons. The van der Waals surface area contributed by atoms with Gasteiger partial charge in [-0.05, 0) is 33.6 Å². The summed E-state index contributed by atoms with van der Waals surface area (Å²) in [6.45, 7) is 7.47. The minimum atomic E-state index is -0.545. The number of likely N-dealkylation sites (tertiary alicyclic amines) is 1. The van der Waals surface area contributed by atoms with Crippen LogP contribution >= 0.6 is 0 Å². The number of rotatable bonds is 2. The molecule has 1 aliphatic heterocycles. The fourth-order valence-electron chi connectivity index (χ4n) is 1.91. The fraction of sp³-hybridized carbons (Fsp3) is 0.833. The Balaban J connectivity index is 2.68. The largest absolute Gasteiger partial charge is 0.443 e. The van der Waals surface area contributed by atoms with E-state index >= 15 is 0 Å². The minimum Gasteiger partial charge on any atom is -0.443 e. The van der Waals surface area contributed by atoms with Crippen molar-refractivity contribution in [3.05, 3.63) is 0 Å². The molecule has 0 spiro atoms. The molecule has 2 amide bonds. The molecule has 1 saturated heterocycles. The summed E-state index contributed by atoms with van der Waals surface area (Å²) in [5.41, 5.74) is -0.545. The van der Waals surface area contributed by atoms with Gasteiger partial charge in [0.2, 0.25) is 5.91 Å². The van der Waals surface area contributed by atoms with Crippen LogP contribution in [0.4, 0.5) is 4.79 Å². The van der Waals surface area contributed by atoms with E-state index in [1.54, 1.807) is 20.8 Å². The summed E-state index contributed by atoms with van der Waals surface area (Å²) < 4.78 is 5.23. The van der Waals surface area contributed by atoms with Gasteiger partial charge < -0.3 is 4.74 Å². The quantitative estimate of drug-likeness (QED) is 0.728. The van der Waals surface area contributed by atoms with Crippen molar-refractivity contribution in [2.75, 3.05) is 0 Å². The average Bonchev–Trinajstić information content (AvgIpc) is 2.44. The molecule has 1 rings (SSSR count). The SMILES string of the molecule is CCCC1CCC(=O)N1C(=O)OC(C)(C)C. The Morgan fingerprint density at radius 3 is 2.62 bits per heavy atom. The number of amides is 2. The van der Waals surface area contributed by atoms with Crippen molar-refractivity contribution in [3.8, 4) is 0 Å². The number of hydrogen-bond donors (Lipinski definition) is 0. The van der Waals surface area contributed by atoms with E-state index in [-0.39, 0.29) is 11.9 Å². The normalized spacial score (nSPS) is 21.4. The molecule has 0 saturated carbocycles. The van der Waals surface area contributed by atoms with Crippen molar-refractivity contribution in [2.24, 2.45) is 0 Å². The maximum absolute atomic E-state index is 11.8. The van der Waals surface area contributed by atoms with Gasteiger partial charge in [0.25, 0.3) is 0 Å². The third-order valence-electron chi connectivity index (χ3n) is 2.54. The number of carbonyl (C=O) groups excluding carboxylic acids is 2. The third-order valence-corrected chi connectivity index (χ3v) is 2.54. The van der Waals surface area contributed by atoms with Crippen LogP contribution < -0.4 is 0 Å². The van der Waals surface area contributed by atoms with Crippen molar-refractivity contribution >= 4 is 12.0 Å². The molecule has 1 unspecified atom stereocenters. The van der Waals surface area contributed by atoms with Crippen molar-refractivity contribution in [1.82, 2.24) is 4.90 Å². The Morgan fingerprint density at radius 1 is 1.50 bits per heavy atom. The van der Waals surface area contributed by atoms with Gasteiger partial charge in [-0.25, -0.2) is 9.69 Å². The lowest BCUT2D eigenvalue weighted by Crippen LogP contribution is -2.42. The maximum atomic E-state index is 11.8. The zero-order valence-corrected chi connectivity index (χ0v) is 10.6. The van der Waals surface area contributed by atoms with E-state index in [9.17, 15) is 9.59 Å². The topological polar surface area (TPSA) is 46.6 Å². The molecule has 0 aromatic carbocycles. The highest BCUT2D eigenvalue weighted by Crippen LogP contribution is 2.24. The fourth-order valence-corrected chi connectivity index (χ4v) is 1.91. The second-order valence-electron chi connectivity index (χ2n) is 5.23. The van der Waals surface area contributed by atoms with Gasteiger partial charge >= 0.3 is 6.09 Å². The van der Waals surface area contributed by atoms with E-state index in [1.165, 1.54) is 4.90 Å². The van der Waals surface area contributed by atoms with Gasteiger partial charge in [0.05, 0.1) is 0 Å². The van der Waals surface area contributed by atoms with Crippen LogP contribution in [0.2, 0.25) is 0 Å². The molecular formula is C12H21NO3. The first-order valence-electron chi connectivity index (χ1n) is 5.90. The van der Waals surface area contributed by atoms with Gasteiger partial charge in [-0.15, -0.1) is 0 Å². The van der Waals surface area contributed by atoms with Crippen LogP contribution in [0, 0.1) is 0 Å². The van der Waals surface area contributed by atoms with Crippen LogP contribution in [-0.4, -0.2) is 28.5 Å². The summed E-state index contributed by atoms with van der Waals surface area (Å²) in [5.74, 6) is -0.104. The zero-order valence-electron chi connectivity index (χ0n) is 10.6. The molecule has 1 heterocycles. The molecule has 0 radical (unpaired) electrons. The second-order valence-corrected chi connectivity index (χ2v) is 5.23. The standard InChI is InChI=1S/C12H21NO3/c1-5-6-9-7-8-10(14)13(9)11(15)16-12(2,3)4/h9H,5-8H2,1-4H3. The van der Waals surface area contributed by atoms with Crippen LogP contribution in [0.3, 0.4) is 0 Å². The first kappa shape index (κ1) is 13.0. The molecule has 0 aliphatic carbocycles. The molecular weight excluding hydrogens is 206 g/mol. The van der Waals surface area contributed by atoms with Crippen molar-refractivity contribution in [1.29, 1.82) is 0 Å². The Morgan fingerprint density at radius 2 is 2.12 bits per heavy atom. The van der Waals surface area contributed by atoms with Gasteiger partial charge in [0, 0.05) is 12.5 Å². The van der Waals surface area contributed by atoms with Crippen LogP contribution in [0.5, 0.6) is 0 Å². The molecule has 0 N–H and O–H groups in total. The smallest absolute Gasteiger partial charge is 0.417 e. The van der Waals surface area contributed by atoms with E-state index in [2.05, 4.69) is 6.92 Å². The summed E-state index contributed by atoms with van der Waals surface area (Å²) in [5, 5.41) is 0.